The normalized spacial score (nSPS) is 11.3. The monoisotopic (exact) mass is 419 g/mol. The Kier molecular flexibility index (Phi) is 12.2. The Morgan fingerprint density at radius 1 is 0.833 bits per heavy atom. The van der Waals surface area contributed by atoms with Crippen LogP contribution in [0.15, 0.2) is 34.9 Å². The van der Waals surface area contributed by atoms with Crippen molar-refractivity contribution in [2.45, 2.75) is 71.1 Å². The molecule has 0 saturated heterocycles. The third kappa shape index (κ3) is 8.88. The van der Waals surface area contributed by atoms with Crippen LogP contribution < -0.4 is 5.32 Å². The maximum absolute atomic E-state index is 9.87. The molecule has 0 aliphatic carbocycles. The maximum Gasteiger partial charge on any atom is 0.121 e. The van der Waals surface area contributed by atoms with Crippen molar-refractivity contribution in [1.29, 1.82) is 0 Å². The number of unbranched alkanes of at least 4 members (excludes halogenated alkanes) is 5. The highest BCUT2D eigenvalue weighted by atomic mass is 16.5. The minimum absolute atomic E-state index is 0.0732. The van der Waals surface area contributed by atoms with Crippen molar-refractivity contribution in [3.8, 4) is 5.75 Å². The van der Waals surface area contributed by atoms with E-state index in [0.717, 1.165) is 81.6 Å². The molecule has 2 rings (SSSR count). The van der Waals surface area contributed by atoms with E-state index in [1.807, 2.05) is 12.1 Å². The maximum atomic E-state index is 9.87. The van der Waals surface area contributed by atoms with E-state index in [9.17, 15) is 15.3 Å². The molecule has 2 aromatic rings. The number of furan rings is 1. The zero-order valence-corrected chi connectivity index (χ0v) is 17.9. The van der Waals surface area contributed by atoms with Crippen LogP contribution in [0.3, 0.4) is 0 Å². The largest absolute Gasteiger partial charge is 0.508 e. The summed E-state index contributed by atoms with van der Waals surface area (Å²) in [6.07, 6.45) is 10.6. The van der Waals surface area contributed by atoms with Gasteiger partial charge in [0.15, 0.2) is 0 Å². The smallest absolute Gasteiger partial charge is 0.121 e. The van der Waals surface area contributed by atoms with Gasteiger partial charge in [-0.25, -0.2) is 0 Å². The fraction of sp³-hybridized carbons (Fsp3) is 0.583. The van der Waals surface area contributed by atoms with Gasteiger partial charge in [-0.15, -0.1) is 0 Å². The van der Waals surface area contributed by atoms with Crippen molar-refractivity contribution in [3.63, 3.8) is 0 Å². The Balaban J connectivity index is 1.42. The lowest BCUT2D eigenvalue weighted by atomic mass is 10.0. The van der Waals surface area contributed by atoms with Gasteiger partial charge in [0.1, 0.15) is 11.5 Å². The zero-order valence-electron chi connectivity index (χ0n) is 17.9. The molecule has 1 aromatic carbocycles. The van der Waals surface area contributed by atoms with Crippen molar-refractivity contribution in [2.24, 2.45) is 0 Å². The first-order valence-corrected chi connectivity index (χ1v) is 11.1. The number of hydrogen-bond donors (Lipinski definition) is 4. The second kappa shape index (κ2) is 15.0. The average molecular weight is 420 g/mol. The summed E-state index contributed by atoms with van der Waals surface area (Å²) in [5, 5.41) is 32.2. The number of ether oxygens (including phenoxy) is 1. The predicted octanol–water partition coefficient (Wildman–Crippen LogP) is 4.05. The summed E-state index contributed by atoms with van der Waals surface area (Å²) in [6, 6.07) is 7.18. The van der Waals surface area contributed by atoms with E-state index < -0.39 is 0 Å². The van der Waals surface area contributed by atoms with Gasteiger partial charge in [0, 0.05) is 31.7 Å². The Morgan fingerprint density at radius 3 is 2.30 bits per heavy atom. The molecule has 0 aliphatic heterocycles. The number of aliphatic hydroxyl groups excluding tert-OH is 2. The van der Waals surface area contributed by atoms with Crippen LogP contribution in [0.2, 0.25) is 0 Å². The van der Waals surface area contributed by atoms with Crippen LogP contribution in [-0.2, 0) is 30.9 Å². The third-order valence-electron chi connectivity index (χ3n) is 5.32. The van der Waals surface area contributed by atoms with E-state index in [0.29, 0.717) is 12.1 Å². The molecule has 0 bridgehead atoms. The highest BCUT2D eigenvalue weighted by Gasteiger charge is 2.11. The molecule has 0 radical (unpaired) electrons. The number of phenols is 1. The van der Waals surface area contributed by atoms with Crippen LogP contribution in [0.5, 0.6) is 5.75 Å². The molecule has 4 N–H and O–H groups in total. The first kappa shape index (κ1) is 24.4. The number of aryl methyl sites for hydroxylation is 1. The molecule has 0 atom stereocenters. The van der Waals surface area contributed by atoms with Crippen LogP contribution in [0.1, 0.15) is 67.4 Å². The molecule has 1 heterocycles. The summed E-state index contributed by atoms with van der Waals surface area (Å²) in [5.74, 6) is 1.14. The number of hydrogen-bond acceptors (Lipinski definition) is 6. The first-order valence-electron chi connectivity index (χ1n) is 11.1. The number of aromatic hydroxyl groups is 1. The number of aliphatic hydroxyl groups is 2. The highest BCUT2D eigenvalue weighted by molar-refractivity contribution is 5.43. The standard InChI is InChI=1S/C24H37NO5/c26-18-20-11-12-24(28)23(19-27)22(20)17-25-13-5-1-2-6-14-29-15-7-3-4-9-21-10-8-16-30-21/h8,10-12,16,25-28H,1-7,9,13-15,17-19H2. The second-order valence-electron chi connectivity index (χ2n) is 7.61. The van der Waals surface area contributed by atoms with Crippen LogP contribution in [0.4, 0.5) is 0 Å². The average Bonchev–Trinajstić information content (AvgIpc) is 3.27. The SMILES string of the molecule is OCc1ccc(O)c(CO)c1CNCCCCCCOCCCCCc1ccco1. The molecule has 0 saturated carbocycles. The van der Waals surface area contributed by atoms with Gasteiger partial charge in [0.2, 0.25) is 0 Å². The molecule has 0 unspecified atom stereocenters. The van der Waals surface area contributed by atoms with Gasteiger partial charge in [-0.3, -0.25) is 0 Å². The number of benzene rings is 1. The lowest BCUT2D eigenvalue weighted by Crippen LogP contribution is -2.17. The van der Waals surface area contributed by atoms with E-state index in [1.165, 1.54) is 12.5 Å². The summed E-state index contributed by atoms with van der Waals surface area (Å²) in [5.41, 5.74) is 2.02. The minimum atomic E-state index is -0.235. The van der Waals surface area contributed by atoms with Crippen LogP contribution in [-0.4, -0.2) is 35.1 Å². The molecule has 0 amide bonds. The summed E-state index contributed by atoms with van der Waals surface area (Å²) in [6.45, 7) is 2.72. The van der Waals surface area contributed by atoms with Crippen molar-refractivity contribution in [2.75, 3.05) is 19.8 Å². The molecular formula is C24H37NO5. The van der Waals surface area contributed by atoms with E-state index in [2.05, 4.69) is 5.32 Å². The van der Waals surface area contributed by atoms with Crippen LogP contribution in [0, 0.1) is 0 Å². The van der Waals surface area contributed by atoms with E-state index in [4.69, 9.17) is 9.15 Å². The van der Waals surface area contributed by atoms with Crippen LogP contribution >= 0.6 is 0 Å². The van der Waals surface area contributed by atoms with Crippen molar-refractivity contribution in [3.05, 3.63) is 53.0 Å². The van der Waals surface area contributed by atoms with Crippen molar-refractivity contribution < 1.29 is 24.5 Å². The highest BCUT2D eigenvalue weighted by Crippen LogP contribution is 2.25. The summed E-state index contributed by atoms with van der Waals surface area (Å²) in [4.78, 5) is 0. The van der Waals surface area contributed by atoms with Gasteiger partial charge < -0.3 is 29.8 Å². The van der Waals surface area contributed by atoms with Gasteiger partial charge in [-0.05, 0) is 61.6 Å². The van der Waals surface area contributed by atoms with Crippen molar-refractivity contribution in [1.82, 2.24) is 5.32 Å². The molecule has 168 valence electrons. The Bertz CT molecular complexity index is 687. The molecular weight excluding hydrogens is 382 g/mol. The first-order chi connectivity index (χ1) is 14.8. The topological polar surface area (TPSA) is 95.1 Å². The zero-order chi connectivity index (χ0) is 21.4. The molecule has 6 nitrogen and oxygen atoms in total. The Hall–Kier alpha value is -1.86. The Morgan fingerprint density at radius 2 is 1.60 bits per heavy atom. The van der Waals surface area contributed by atoms with E-state index in [-0.39, 0.29) is 19.0 Å². The summed E-state index contributed by atoms with van der Waals surface area (Å²) < 4.78 is 11.0. The summed E-state index contributed by atoms with van der Waals surface area (Å²) >= 11 is 0. The quantitative estimate of drug-likeness (QED) is 0.289. The molecule has 1 aromatic heterocycles. The van der Waals surface area contributed by atoms with Gasteiger partial charge in [0.25, 0.3) is 0 Å². The van der Waals surface area contributed by atoms with Gasteiger partial charge in [-0.2, -0.15) is 0 Å². The van der Waals surface area contributed by atoms with Crippen LogP contribution in [0.25, 0.3) is 0 Å². The number of rotatable bonds is 17. The summed E-state index contributed by atoms with van der Waals surface area (Å²) in [7, 11) is 0. The van der Waals surface area contributed by atoms with E-state index in [1.54, 1.807) is 12.3 Å². The molecule has 0 aliphatic rings. The van der Waals surface area contributed by atoms with E-state index >= 15 is 0 Å². The predicted molar refractivity (Wildman–Crippen MR) is 117 cm³/mol. The molecule has 0 spiro atoms. The lowest BCUT2D eigenvalue weighted by molar-refractivity contribution is 0.125. The minimum Gasteiger partial charge on any atom is -0.508 e. The fourth-order valence-corrected chi connectivity index (χ4v) is 3.53. The van der Waals surface area contributed by atoms with Gasteiger partial charge in [0.05, 0.1) is 19.5 Å². The molecule has 0 fully saturated rings. The van der Waals surface area contributed by atoms with Crippen molar-refractivity contribution >= 4 is 0 Å². The third-order valence-corrected chi connectivity index (χ3v) is 5.32. The fourth-order valence-electron chi connectivity index (χ4n) is 3.53. The molecule has 6 heteroatoms. The second-order valence-corrected chi connectivity index (χ2v) is 7.61. The van der Waals surface area contributed by atoms with Gasteiger partial charge in [-0.1, -0.05) is 25.3 Å². The molecule has 30 heavy (non-hydrogen) atoms. The Labute approximate surface area is 179 Å². The number of nitrogens with one attached hydrogen (secondary N) is 1. The van der Waals surface area contributed by atoms with Gasteiger partial charge >= 0.3 is 0 Å². The lowest BCUT2D eigenvalue weighted by Gasteiger charge is -2.14.